The highest BCUT2D eigenvalue weighted by atomic mass is 35.5. The van der Waals surface area contributed by atoms with Crippen LogP contribution in [0.3, 0.4) is 0 Å². The van der Waals surface area contributed by atoms with Gasteiger partial charge in [-0.15, -0.1) is 0 Å². The van der Waals surface area contributed by atoms with Crippen LogP contribution in [0.25, 0.3) is 0 Å². The molecule has 0 bridgehead atoms. The van der Waals surface area contributed by atoms with E-state index in [0.29, 0.717) is 17.3 Å². The molecule has 0 radical (unpaired) electrons. The highest BCUT2D eigenvalue weighted by Crippen LogP contribution is 2.15. The summed E-state index contributed by atoms with van der Waals surface area (Å²) in [6.45, 7) is 0.381. The van der Waals surface area contributed by atoms with Gasteiger partial charge in [0.05, 0.1) is 30.2 Å². The Kier molecular flexibility index (Phi) is 4.59. The topological polar surface area (TPSA) is 91.0 Å². The number of hydrogen-bond acceptors (Lipinski definition) is 5. The van der Waals surface area contributed by atoms with Gasteiger partial charge in [-0.3, -0.25) is 14.2 Å². The van der Waals surface area contributed by atoms with E-state index in [1.807, 2.05) is 0 Å². The molecule has 0 aliphatic rings. The first-order chi connectivity index (χ1) is 10.0. The zero-order chi connectivity index (χ0) is 15.4. The van der Waals surface area contributed by atoms with E-state index in [9.17, 15) is 9.59 Å². The van der Waals surface area contributed by atoms with E-state index in [1.165, 1.54) is 24.2 Å². The molecule has 1 amide bonds. The Balaban J connectivity index is 1.98. The minimum Gasteiger partial charge on any atom is -0.464 e. The van der Waals surface area contributed by atoms with Crippen LogP contribution in [0, 0.1) is 0 Å². The van der Waals surface area contributed by atoms with Crippen LogP contribution in [0.15, 0.2) is 18.6 Å². The Morgan fingerprint density at radius 2 is 2.14 bits per heavy atom. The summed E-state index contributed by atoms with van der Waals surface area (Å²) in [5.41, 5.74) is 0.501. The maximum Gasteiger partial charge on any atom is 0.358 e. The van der Waals surface area contributed by atoms with Gasteiger partial charge in [-0.1, -0.05) is 11.6 Å². The van der Waals surface area contributed by atoms with Crippen LogP contribution < -0.4 is 5.32 Å². The number of methoxy groups -OCH3 is 1. The molecule has 0 aliphatic carbocycles. The third-order valence-electron chi connectivity index (χ3n) is 2.76. The second-order valence-electron chi connectivity index (χ2n) is 4.24. The lowest BCUT2D eigenvalue weighted by atomic mass is 10.3. The van der Waals surface area contributed by atoms with E-state index in [-0.39, 0.29) is 18.0 Å². The van der Waals surface area contributed by atoms with E-state index in [1.54, 1.807) is 17.9 Å². The van der Waals surface area contributed by atoms with Crippen molar-refractivity contribution in [3.8, 4) is 0 Å². The average Bonchev–Trinajstić information content (AvgIpc) is 3.02. The van der Waals surface area contributed by atoms with Gasteiger partial charge in [0.2, 0.25) is 5.91 Å². The van der Waals surface area contributed by atoms with Crippen molar-refractivity contribution < 1.29 is 14.3 Å². The van der Waals surface area contributed by atoms with Gasteiger partial charge in [-0.2, -0.15) is 10.2 Å². The molecule has 8 nitrogen and oxygen atoms in total. The molecule has 2 aromatic heterocycles. The number of hydrogen-bond donors (Lipinski definition) is 1. The van der Waals surface area contributed by atoms with Crippen LogP contribution in [0.2, 0.25) is 5.02 Å². The fraction of sp³-hybridized carbons (Fsp3) is 0.333. The van der Waals surface area contributed by atoms with Gasteiger partial charge >= 0.3 is 5.97 Å². The second-order valence-corrected chi connectivity index (χ2v) is 4.68. The van der Waals surface area contributed by atoms with E-state index in [0.717, 1.165) is 0 Å². The molecule has 0 atom stereocenters. The van der Waals surface area contributed by atoms with Crippen LogP contribution in [0.1, 0.15) is 16.9 Å². The Morgan fingerprint density at radius 1 is 1.38 bits per heavy atom. The minimum absolute atomic E-state index is 0.188. The smallest absolute Gasteiger partial charge is 0.358 e. The fourth-order valence-electron chi connectivity index (χ4n) is 1.76. The number of aryl methyl sites for hydroxylation is 2. The third kappa shape index (κ3) is 3.60. The monoisotopic (exact) mass is 311 g/mol. The van der Waals surface area contributed by atoms with Crippen LogP contribution >= 0.6 is 11.6 Å². The summed E-state index contributed by atoms with van der Waals surface area (Å²) in [6.07, 6.45) is 4.71. The lowest BCUT2D eigenvalue weighted by Crippen LogP contribution is -2.17. The second kappa shape index (κ2) is 6.40. The number of nitrogens with zero attached hydrogens (tertiary/aromatic N) is 4. The van der Waals surface area contributed by atoms with E-state index in [4.69, 9.17) is 11.6 Å². The molecule has 0 saturated carbocycles. The first kappa shape index (κ1) is 15.0. The van der Waals surface area contributed by atoms with Crippen molar-refractivity contribution in [2.24, 2.45) is 7.05 Å². The molecule has 0 aliphatic heterocycles. The number of aromatic nitrogens is 4. The Morgan fingerprint density at radius 3 is 2.76 bits per heavy atom. The maximum atomic E-state index is 11.9. The van der Waals surface area contributed by atoms with E-state index < -0.39 is 5.97 Å². The molecule has 0 unspecified atom stereocenters. The predicted molar refractivity (Wildman–Crippen MR) is 75.0 cm³/mol. The van der Waals surface area contributed by atoms with Crippen molar-refractivity contribution in [1.29, 1.82) is 0 Å². The van der Waals surface area contributed by atoms with E-state index in [2.05, 4.69) is 20.3 Å². The molecule has 2 heterocycles. The van der Waals surface area contributed by atoms with Gasteiger partial charge in [-0.25, -0.2) is 4.79 Å². The summed E-state index contributed by atoms with van der Waals surface area (Å²) >= 11 is 5.73. The zero-order valence-corrected chi connectivity index (χ0v) is 12.3. The molecule has 112 valence electrons. The fourth-order valence-corrected chi connectivity index (χ4v) is 1.91. The van der Waals surface area contributed by atoms with Crippen LogP contribution in [0.5, 0.6) is 0 Å². The van der Waals surface area contributed by atoms with Crippen molar-refractivity contribution >= 4 is 29.2 Å². The summed E-state index contributed by atoms with van der Waals surface area (Å²) < 4.78 is 7.55. The zero-order valence-electron chi connectivity index (χ0n) is 11.5. The number of anilines is 1. The summed E-state index contributed by atoms with van der Waals surface area (Å²) in [6, 6.07) is 0. The number of nitrogens with one attached hydrogen (secondary N) is 1. The number of carbonyl (C=O) groups is 2. The van der Waals surface area contributed by atoms with E-state index >= 15 is 0 Å². The Labute approximate surface area is 125 Å². The quantitative estimate of drug-likeness (QED) is 0.834. The van der Waals surface area contributed by atoms with Crippen molar-refractivity contribution in [3.05, 3.63) is 29.3 Å². The maximum absolute atomic E-state index is 11.9. The molecular weight excluding hydrogens is 298 g/mol. The van der Waals surface area contributed by atoms with Crippen LogP contribution in [0.4, 0.5) is 5.69 Å². The van der Waals surface area contributed by atoms with Gasteiger partial charge in [-0.05, 0) is 0 Å². The standard InChI is InChI=1S/C12H14ClN5O3/c1-17-11(12(20)21-2)9(6-14-17)16-10(19)3-4-18-7-8(13)5-15-18/h5-7H,3-4H2,1-2H3,(H,16,19). The number of carbonyl (C=O) groups excluding carboxylic acids is 2. The van der Waals surface area contributed by atoms with Gasteiger partial charge < -0.3 is 10.1 Å². The van der Waals surface area contributed by atoms with Crippen molar-refractivity contribution in [1.82, 2.24) is 19.6 Å². The van der Waals surface area contributed by atoms with Crippen molar-refractivity contribution in [2.45, 2.75) is 13.0 Å². The molecule has 0 aromatic carbocycles. The normalized spacial score (nSPS) is 10.4. The number of amides is 1. The highest BCUT2D eigenvalue weighted by Gasteiger charge is 2.19. The molecule has 0 saturated heterocycles. The lowest BCUT2D eigenvalue weighted by Gasteiger charge is -2.06. The van der Waals surface area contributed by atoms with Gasteiger partial charge in [0, 0.05) is 26.2 Å². The summed E-state index contributed by atoms with van der Waals surface area (Å²) in [4.78, 5) is 23.5. The SMILES string of the molecule is COC(=O)c1c(NC(=O)CCn2cc(Cl)cn2)cnn1C. The van der Waals surface area contributed by atoms with Crippen molar-refractivity contribution in [3.63, 3.8) is 0 Å². The summed E-state index contributed by atoms with van der Waals surface area (Å²) in [5, 5.41) is 11.0. The minimum atomic E-state index is -0.566. The summed E-state index contributed by atoms with van der Waals surface area (Å²) in [7, 11) is 2.86. The molecular formula is C12H14ClN5O3. The molecule has 9 heteroatoms. The Bertz CT molecular complexity index is 664. The molecule has 0 fully saturated rings. The van der Waals surface area contributed by atoms with Gasteiger partial charge in [0.1, 0.15) is 0 Å². The number of esters is 1. The van der Waals surface area contributed by atoms with Gasteiger partial charge in [0.25, 0.3) is 0 Å². The number of ether oxygens (including phenoxy) is 1. The Hall–Kier alpha value is -2.35. The third-order valence-corrected chi connectivity index (χ3v) is 2.96. The molecule has 1 N–H and O–H groups in total. The van der Waals surface area contributed by atoms with Crippen LogP contribution in [-0.4, -0.2) is 38.5 Å². The first-order valence-electron chi connectivity index (χ1n) is 6.09. The molecule has 2 rings (SSSR count). The molecule has 2 aromatic rings. The number of rotatable bonds is 5. The molecule has 0 spiro atoms. The van der Waals surface area contributed by atoms with Gasteiger partial charge in [0.15, 0.2) is 5.69 Å². The van der Waals surface area contributed by atoms with Crippen molar-refractivity contribution in [2.75, 3.05) is 12.4 Å². The largest absolute Gasteiger partial charge is 0.464 e. The number of halogens is 1. The van der Waals surface area contributed by atoms with Crippen LogP contribution in [-0.2, 0) is 23.1 Å². The highest BCUT2D eigenvalue weighted by molar-refractivity contribution is 6.30. The first-order valence-corrected chi connectivity index (χ1v) is 6.47. The molecule has 21 heavy (non-hydrogen) atoms. The average molecular weight is 312 g/mol. The predicted octanol–water partition coefficient (Wildman–Crippen LogP) is 1.09. The summed E-state index contributed by atoms with van der Waals surface area (Å²) in [5.74, 6) is -0.830. The lowest BCUT2D eigenvalue weighted by molar-refractivity contribution is -0.116.